The zero-order valence-corrected chi connectivity index (χ0v) is 16.6. The maximum atomic E-state index is 5.69. The van der Waals surface area contributed by atoms with Gasteiger partial charge in [0, 0.05) is 12.3 Å². The predicted octanol–water partition coefficient (Wildman–Crippen LogP) is 3.74. The first-order valence-electron chi connectivity index (χ1n) is 9.04. The Morgan fingerprint density at radius 1 is 0.828 bits per heavy atom. The summed E-state index contributed by atoms with van der Waals surface area (Å²) in [4.78, 5) is 8.69. The molecule has 8 nitrogen and oxygen atoms in total. The predicted molar refractivity (Wildman–Crippen MR) is 112 cm³/mol. The van der Waals surface area contributed by atoms with Crippen LogP contribution in [-0.2, 0) is 0 Å². The van der Waals surface area contributed by atoms with Crippen LogP contribution in [0.1, 0.15) is 0 Å². The minimum absolute atomic E-state index is 0.472. The van der Waals surface area contributed by atoms with Gasteiger partial charge in [-0.25, -0.2) is 4.98 Å². The third kappa shape index (κ3) is 5.65. The van der Waals surface area contributed by atoms with Crippen LogP contribution in [0.25, 0.3) is 0 Å². The Morgan fingerprint density at radius 2 is 1.55 bits per heavy atom. The molecule has 1 aromatic heterocycles. The number of nitrogens with one attached hydrogen (secondary N) is 2. The van der Waals surface area contributed by atoms with Gasteiger partial charge >= 0.3 is 0 Å². The first-order valence-corrected chi connectivity index (χ1v) is 9.04. The molecule has 0 unspecified atom stereocenters. The quantitative estimate of drug-likeness (QED) is 0.501. The number of anilines is 3. The molecular formula is C21H24N4O4. The van der Waals surface area contributed by atoms with E-state index in [0.717, 1.165) is 17.2 Å². The SMILES string of the molecule is COc1ccc(OCCNc2nccc(Nc3ccc(OC)cc3OC)n2)cc1. The molecule has 1 heterocycles. The second-order valence-electron chi connectivity index (χ2n) is 5.91. The lowest BCUT2D eigenvalue weighted by molar-refractivity contribution is 0.331. The fourth-order valence-corrected chi connectivity index (χ4v) is 2.56. The lowest BCUT2D eigenvalue weighted by atomic mass is 10.2. The van der Waals surface area contributed by atoms with Crippen LogP contribution in [0.15, 0.2) is 54.7 Å². The first-order chi connectivity index (χ1) is 14.2. The molecule has 0 saturated carbocycles. The average molecular weight is 396 g/mol. The number of hydrogen-bond acceptors (Lipinski definition) is 8. The molecule has 2 aromatic carbocycles. The van der Waals surface area contributed by atoms with Crippen molar-refractivity contribution >= 4 is 17.5 Å². The van der Waals surface area contributed by atoms with Gasteiger partial charge in [-0.1, -0.05) is 0 Å². The Kier molecular flexibility index (Phi) is 6.94. The maximum Gasteiger partial charge on any atom is 0.224 e. The van der Waals surface area contributed by atoms with E-state index in [-0.39, 0.29) is 0 Å². The summed E-state index contributed by atoms with van der Waals surface area (Å²) in [7, 11) is 4.85. The number of hydrogen-bond donors (Lipinski definition) is 2. The average Bonchev–Trinajstić information content (AvgIpc) is 2.77. The molecule has 0 radical (unpaired) electrons. The van der Waals surface area contributed by atoms with Crippen molar-refractivity contribution in [1.29, 1.82) is 0 Å². The van der Waals surface area contributed by atoms with Crippen LogP contribution in [0, 0.1) is 0 Å². The number of ether oxygens (including phenoxy) is 4. The van der Waals surface area contributed by atoms with Crippen molar-refractivity contribution in [2.75, 3.05) is 45.1 Å². The lowest BCUT2D eigenvalue weighted by Gasteiger charge is -2.13. The number of nitrogens with zero attached hydrogens (tertiary/aromatic N) is 2. The van der Waals surface area contributed by atoms with Gasteiger partial charge in [0.2, 0.25) is 5.95 Å². The fraction of sp³-hybridized carbons (Fsp3) is 0.238. The van der Waals surface area contributed by atoms with Crippen molar-refractivity contribution in [3.8, 4) is 23.0 Å². The molecule has 152 valence electrons. The van der Waals surface area contributed by atoms with E-state index in [9.17, 15) is 0 Å². The van der Waals surface area contributed by atoms with Gasteiger partial charge in [0.05, 0.1) is 33.6 Å². The lowest BCUT2D eigenvalue weighted by Crippen LogP contribution is -2.13. The van der Waals surface area contributed by atoms with Gasteiger partial charge in [-0.3, -0.25) is 0 Å². The van der Waals surface area contributed by atoms with E-state index in [0.29, 0.717) is 36.4 Å². The number of rotatable bonds is 10. The normalized spacial score (nSPS) is 10.2. The largest absolute Gasteiger partial charge is 0.497 e. The van der Waals surface area contributed by atoms with Gasteiger partial charge < -0.3 is 29.6 Å². The Morgan fingerprint density at radius 3 is 2.28 bits per heavy atom. The molecule has 29 heavy (non-hydrogen) atoms. The van der Waals surface area contributed by atoms with E-state index in [1.54, 1.807) is 39.7 Å². The van der Waals surface area contributed by atoms with Crippen LogP contribution in [0.4, 0.5) is 17.5 Å². The third-order valence-electron chi connectivity index (χ3n) is 4.04. The summed E-state index contributed by atoms with van der Waals surface area (Å²) >= 11 is 0. The van der Waals surface area contributed by atoms with E-state index < -0.39 is 0 Å². The monoisotopic (exact) mass is 396 g/mol. The Labute approximate surface area is 169 Å². The highest BCUT2D eigenvalue weighted by molar-refractivity contribution is 5.66. The molecule has 0 fully saturated rings. The molecule has 0 saturated heterocycles. The zero-order valence-electron chi connectivity index (χ0n) is 16.6. The minimum atomic E-state index is 0.472. The Bertz CT molecular complexity index is 919. The highest BCUT2D eigenvalue weighted by Gasteiger charge is 2.07. The van der Waals surface area contributed by atoms with Gasteiger partial charge in [-0.05, 0) is 42.5 Å². The summed E-state index contributed by atoms with van der Waals surface area (Å²) in [6.45, 7) is 1.03. The summed E-state index contributed by atoms with van der Waals surface area (Å²) in [5.41, 5.74) is 0.779. The standard InChI is InChI=1S/C21H24N4O4/c1-26-15-4-6-16(7-5-15)29-13-12-23-21-22-11-10-20(25-21)24-18-9-8-17(27-2)14-19(18)28-3/h4-11,14H,12-13H2,1-3H3,(H2,22,23,24,25). The van der Waals surface area contributed by atoms with Crippen LogP contribution in [0.5, 0.6) is 23.0 Å². The number of benzene rings is 2. The molecule has 0 spiro atoms. The second-order valence-corrected chi connectivity index (χ2v) is 5.91. The van der Waals surface area contributed by atoms with Crippen LogP contribution in [0.2, 0.25) is 0 Å². The molecule has 3 rings (SSSR count). The van der Waals surface area contributed by atoms with E-state index >= 15 is 0 Å². The molecule has 0 aliphatic carbocycles. The number of methoxy groups -OCH3 is 3. The van der Waals surface area contributed by atoms with E-state index in [1.807, 2.05) is 36.4 Å². The second kappa shape index (κ2) is 10.0. The number of aromatic nitrogens is 2. The van der Waals surface area contributed by atoms with Crippen molar-refractivity contribution in [1.82, 2.24) is 9.97 Å². The van der Waals surface area contributed by atoms with Crippen molar-refractivity contribution < 1.29 is 18.9 Å². The third-order valence-corrected chi connectivity index (χ3v) is 4.04. The van der Waals surface area contributed by atoms with Crippen molar-refractivity contribution in [3.63, 3.8) is 0 Å². The first kappa shape index (κ1) is 20.1. The molecule has 0 bridgehead atoms. The molecule has 0 aliphatic heterocycles. The molecule has 0 amide bonds. The highest BCUT2D eigenvalue weighted by atomic mass is 16.5. The zero-order chi connectivity index (χ0) is 20.5. The molecule has 2 N–H and O–H groups in total. The summed E-state index contributed by atoms with van der Waals surface area (Å²) in [6, 6.07) is 14.7. The van der Waals surface area contributed by atoms with Gasteiger partial charge in [0.25, 0.3) is 0 Å². The van der Waals surface area contributed by atoms with E-state index in [1.165, 1.54) is 0 Å². The van der Waals surface area contributed by atoms with Gasteiger partial charge in [0.1, 0.15) is 35.4 Å². The topological polar surface area (TPSA) is 86.8 Å². The van der Waals surface area contributed by atoms with Gasteiger partial charge in [0.15, 0.2) is 0 Å². The summed E-state index contributed by atoms with van der Waals surface area (Å²) < 4.78 is 21.4. The smallest absolute Gasteiger partial charge is 0.224 e. The van der Waals surface area contributed by atoms with Crippen LogP contribution < -0.4 is 29.6 Å². The van der Waals surface area contributed by atoms with Crippen molar-refractivity contribution in [3.05, 3.63) is 54.7 Å². The molecular weight excluding hydrogens is 372 g/mol. The summed E-state index contributed by atoms with van der Waals surface area (Å²) in [6.07, 6.45) is 1.68. The molecule has 8 heteroatoms. The fourth-order valence-electron chi connectivity index (χ4n) is 2.56. The van der Waals surface area contributed by atoms with Gasteiger partial charge in [-0.2, -0.15) is 4.98 Å². The van der Waals surface area contributed by atoms with Crippen LogP contribution >= 0.6 is 0 Å². The molecule has 0 atom stereocenters. The Hall–Kier alpha value is -3.68. The van der Waals surface area contributed by atoms with E-state index in [2.05, 4.69) is 20.6 Å². The van der Waals surface area contributed by atoms with Gasteiger partial charge in [-0.15, -0.1) is 0 Å². The van der Waals surface area contributed by atoms with Crippen LogP contribution in [0.3, 0.4) is 0 Å². The summed E-state index contributed by atoms with van der Waals surface area (Å²) in [5, 5.41) is 6.37. The Balaban J connectivity index is 1.54. The summed E-state index contributed by atoms with van der Waals surface area (Å²) in [5.74, 6) is 4.08. The molecule has 0 aliphatic rings. The van der Waals surface area contributed by atoms with Crippen LogP contribution in [-0.4, -0.2) is 44.4 Å². The van der Waals surface area contributed by atoms with E-state index in [4.69, 9.17) is 18.9 Å². The molecule has 3 aromatic rings. The minimum Gasteiger partial charge on any atom is -0.497 e. The highest BCUT2D eigenvalue weighted by Crippen LogP contribution is 2.31. The van der Waals surface area contributed by atoms with Crippen molar-refractivity contribution in [2.45, 2.75) is 0 Å². The maximum absolute atomic E-state index is 5.69. The van der Waals surface area contributed by atoms with Crippen molar-refractivity contribution in [2.24, 2.45) is 0 Å².